The van der Waals surface area contributed by atoms with Crippen molar-refractivity contribution in [2.45, 2.75) is 12.8 Å². The summed E-state index contributed by atoms with van der Waals surface area (Å²) in [4.78, 5) is 38.1. The molecule has 154 valence electrons. The molecule has 0 atom stereocenters. The standard InChI is InChI=1S/C21H19N3O5S/c25-17-4-2-1-3-16(17)22-20(26)13-7-9-23(10-8-13)21(27)19-12-14-11-15(24(28)29)5-6-18(14)30-19/h1-6,11-13,25H,7-10H2,(H,22,26). The monoisotopic (exact) mass is 425 g/mol. The van der Waals surface area contributed by atoms with Gasteiger partial charge in [-0.15, -0.1) is 11.3 Å². The van der Waals surface area contributed by atoms with Crippen molar-refractivity contribution in [2.75, 3.05) is 18.4 Å². The predicted octanol–water partition coefficient (Wildman–Crippen LogP) is 4.01. The predicted molar refractivity (Wildman–Crippen MR) is 114 cm³/mol. The summed E-state index contributed by atoms with van der Waals surface area (Å²) in [6.45, 7) is 0.901. The van der Waals surface area contributed by atoms with Crippen LogP contribution in [-0.4, -0.2) is 39.8 Å². The Bertz CT molecular complexity index is 1130. The molecule has 0 radical (unpaired) electrons. The van der Waals surface area contributed by atoms with Crippen LogP contribution in [-0.2, 0) is 4.79 Å². The minimum atomic E-state index is -0.455. The molecule has 9 heteroatoms. The van der Waals surface area contributed by atoms with Crippen molar-refractivity contribution < 1.29 is 19.6 Å². The highest BCUT2D eigenvalue weighted by molar-refractivity contribution is 7.20. The number of phenols is 1. The smallest absolute Gasteiger partial charge is 0.270 e. The van der Waals surface area contributed by atoms with Gasteiger partial charge in [0.1, 0.15) is 5.75 Å². The van der Waals surface area contributed by atoms with Gasteiger partial charge in [0.05, 0.1) is 15.5 Å². The number of amides is 2. The number of non-ortho nitro benzene ring substituents is 1. The average molecular weight is 425 g/mol. The Morgan fingerprint density at radius 1 is 1.13 bits per heavy atom. The van der Waals surface area contributed by atoms with Gasteiger partial charge in [0.25, 0.3) is 11.6 Å². The largest absolute Gasteiger partial charge is 0.506 e. The average Bonchev–Trinajstić information content (AvgIpc) is 3.18. The summed E-state index contributed by atoms with van der Waals surface area (Å²) in [5.74, 6) is -0.515. The molecule has 1 aromatic heterocycles. The third kappa shape index (κ3) is 3.97. The molecule has 1 aliphatic rings. The van der Waals surface area contributed by atoms with E-state index in [0.29, 0.717) is 41.9 Å². The lowest BCUT2D eigenvalue weighted by Crippen LogP contribution is -2.41. The number of phenolic OH excluding ortho intramolecular Hbond substituents is 1. The van der Waals surface area contributed by atoms with Crippen LogP contribution in [0.2, 0.25) is 0 Å². The summed E-state index contributed by atoms with van der Waals surface area (Å²) in [5, 5.41) is 24.2. The molecular weight excluding hydrogens is 406 g/mol. The Morgan fingerprint density at radius 2 is 1.87 bits per heavy atom. The molecule has 1 aliphatic heterocycles. The fraction of sp³-hybridized carbons (Fsp3) is 0.238. The summed E-state index contributed by atoms with van der Waals surface area (Å²) in [7, 11) is 0. The lowest BCUT2D eigenvalue weighted by molar-refractivity contribution is -0.384. The molecule has 2 N–H and O–H groups in total. The second kappa shape index (κ2) is 8.11. The van der Waals surface area contributed by atoms with Crippen LogP contribution in [0, 0.1) is 16.0 Å². The van der Waals surface area contributed by atoms with Gasteiger partial charge in [-0.2, -0.15) is 0 Å². The first kappa shape index (κ1) is 19.8. The van der Waals surface area contributed by atoms with Crippen LogP contribution < -0.4 is 5.32 Å². The van der Waals surface area contributed by atoms with Crippen LogP contribution in [0.4, 0.5) is 11.4 Å². The van der Waals surface area contributed by atoms with Crippen LogP contribution in [0.25, 0.3) is 10.1 Å². The molecule has 1 fully saturated rings. The molecule has 0 aliphatic carbocycles. The maximum Gasteiger partial charge on any atom is 0.270 e. The number of para-hydroxylation sites is 2. The molecule has 30 heavy (non-hydrogen) atoms. The topological polar surface area (TPSA) is 113 Å². The van der Waals surface area contributed by atoms with Crippen molar-refractivity contribution in [2.24, 2.45) is 5.92 Å². The van der Waals surface area contributed by atoms with E-state index in [0.717, 1.165) is 4.70 Å². The summed E-state index contributed by atoms with van der Waals surface area (Å²) < 4.78 is 0.820. The summed E-state index contributed by atoms with van der Waals surface area (Å²) in [5.41, 5.74) is 0.371. The number of nitrogens with zero attached hydrogens (tertiary/aromatic N) is 2. The Hall–Kier alpha value is -3.46. The van der Waals surface area contributed by atoms with Gasteiger partial charge >= 0.3 is 0 Å². The molecule has 2 amide bonds. The molecule has 1 saturated heterocycles. The highest BCUT2D eigenvalue weighted by atomic mass is 32.1. The second-order valence-electron chi connectivity index (χ2n) is 7.16. The Labute approximate surface area is 175 Å². The summed E-state index contributed by atoms with van der Waals surface area (Å²) in [6.07, 6.45) is 1.06. The van der Waals surface area contributed by atoms with E-state index in [1.165, 1.54) is 29.5 Å². The van der Waals surface area contributed by atoms with Gasteiger partial charge in [-0.05, 0) is 37.1 Å². The van der Waals surface area contributed by atoms with Crippen LogP contribution >= 0.6 is 11.3 Å². The zero-order valence-corrected chi connectivity index (χ0v) is 16.7. The van der Waals surface area contributed by atoms with Crippen molar-refractivity contribution in [1.29, 1.82) is 0 Å². The van der Waals surface area contributed by atoms with Gasteiger partial charge in [-0.3, -0.25) is 19.7 Å². The summed E-state index contributed by atoms with van der Waals surface area (Å²) >= 11 is 1.31. The fourth-order valence-corrected chi connectivity index (χ4v) is 4.58. The van der Waals surface area contributed by atoms with Crippen molar-refractivity contribution in [3.8, 4) is 5.75 Å². The van der Waals surface area contributed by atoms with Crippen molar-refractivity contribution >= 4 is 44.6 Å². The number of nitrogens with one attached hydrogen (secondary N) is 1. The summed E-state index contributed by atoms with van der Waals surface area (Å²) in [6, 6.07) is 12.8. The number of nitro groups is 1. The number of piperidine rings is 1. The fourth-order valence-electron chi connectivity index (χ4n) is 3.56. The molecule has 0 unspecified atom stereocenters. The van der Waals surface area contributed by atoms with E-state index in [1.807, 2.05) is 0 Å². The zero-order valence-electron chi connectivity index (χ0n) is 15.9. The number of rotatable bonds is 4. The van der Waals surface area contributed by atoms with E-state index < -0.39 is 4.92 Å². The number of anilines is 1. The molecule has 4 rings (SSSR count). The number of benzene rings is 2. The Kier molecular flexibility index (Phi) is 5.37. The maximum atomic E-state index is 12.9. The zero-order chi connectivity index (χ0) is 21.3. The third-order valence-electron chi connectivity index (χ3n) is 5.24. The molecule has 2 aromatic carbocycles. The van der Waals surface area contributed by atoms with E-state index >= 15 is 0 Å². The van der Waals surface area contributed by atoms with Gasteiger partial charge < -0.3 is 15.3 Å². The highest BCUT2D eigenvalue weighted by Crippen LogP contribution is 2.31. The van der Waals surface area contributed by atoms with Crippen LogP contribution in [0.1, 0.15) is 22.5 Å². The van der Waals surface area contributed by atoms with Crippen molar-refractivity contribution in [1.82, 2.24) is 4.90 Å². The normalized spacial score (nSPS) is 14.6. The first-order valence-electron chi connectivity index (χ1n) is 9.48. The quantitative estimate of drug-likeness (QED) is 0.373. The molecule has 2 heterocycles. The molecular formula is C21H19N3O5S. The van der Waals surface area contributed by atoms with Gasteiger partial charge in [0, 0.05) is 41.2 Å². The minimum absolute atomic E-state index is 0.00409. The highest BCUT2D eigenvalue weighted by Gasteiger charge is 2.29. The van der Waals surface area contributed by atoms with E-state index in [4.69, 9.17) is 0 Å². The number of thiophene rings is 1. The number of hydrogen-bond acceptors (Lipinski definition) is 6. The molecule has 0 bridgehead atoms. The van der Waals surface area contributed by atoms with E-state index in [-0.39, 0.29) is 29.2 Å². The number of carbonyl (C=O) groups excluding carboxylic acids is 2. The second-order valence-corrected chi connectivity index (χ2v) is 8.25. The minimum Gasteiger partial charge on any atom is -0.506 e. The Balaban J connectivity index is 1.39. The first-order chi connectivity index (χ1) is 14.4. The molecule has 8 nitrogen and oxygen atoms in total. The molecule has 0 saturated carbocycles. The van der Waals surface area contributed by atoms with Crippen LogP contribution in [0.15, 0.2) is 48.5 Å². The lowest BCUT2D eigenvalue weighted by Gasteiger charge is -2.31. The number of hydrogen-bond donors (Lipinski definition) is 2. The van der Waals surface area contributed by atoms with Gasteiger partial charge in [-0.25, -0.2) is 0 Å². The molecule has 0 spiro atoms. The maximum absolute atomic E-state index is 12.9. The van der Waals surface area contributed by atoms with Crippen LogP contribution in [0.3, 0.4) is 0 Å². The van der Waals surface area contributed by atoms with E-state index in [2.05, 4.69) is 5.32 Å². The van der Waals surface area contributed by atoms with Crippen molar-refractivity contribution in [3.63, 3.8) is 0 Å². The van der Waals surface area contributed by atoms with Crippen LogP contribution in [0.5, 0.6) is 5.75 Å². The first-order valence-corrected chi connectivity index (χ1v) is 10.3. The SMILES string of the molecule is O=C(Nc1ccccc1O)C1CCN(C(=O)c2cc3cc([N+](=O)[O-])ccc3s2)CC1. The number of likely N-dealkylation sites (tertiary alicyclic amines) is 1. The number of aromatic hydroxyl groups is 1. The third-order valence-corrected chi connectivity index (χ3v) is 6.34. The molecule has 3 aromatic rings. The number of nitro benzene ring substituents is 1. The Morgan fingerprint density at radius 3 is 2.57 bits per heavy atom. The van der Waals surface area contributed by atoms with E-state index in [1.54, 1.807) is 35.2 Å². The van der Waals surface area contributed by atoms with Gasteiger partial charge in [0.15, 0.2) is 0 Å². The number of fused-ring (bicyclic) bond motifs is 1. The van der Waals surface area contributed by atoms with E-state index in [9.17, 15) is 24.8 Å². The number of carbonyl (C=O) groups is 2. The van der Waals surface area contributed by atoms with Crippen molar-refractivity contribution in [3.05, 3.63) is 63.5 Å². The van der Waals surface area contributed by atoms with Gasteiger partial charge in [-0.1, -0.05) is 12.1 Å². The lowest BCUT2D eigenvalue weighted by atomic mass is 9.95. The van der Waals surface area contributed by atoms with Gasteiger partial charge in [0.2, 0.25) is 5.91 Å².